The highest BCUT2D eigenvalue weighted by molar-refractivity contribution is 6.32. The van der Waals surface area contributed by atoms with Gasteiger partial charge in [-0.15, -0.1) is 0 Å². The van der Waals surface area contributed by atoms with Crippen molar-refractivity contribution in [3.05, 3.63) is 28.8 Å². The number of hydrogen-bond donors (Lipinski definition) is 4. The number of hydrogen-bond acceptors (Lipinski definition) is 9. The van der Waals surface area contributed by atoms with Gasteiger partial charge in [0.05, 0.1) is 17.5 Å². The molecule has 0 radical (unpaired) electrons. The number of fused-ring (bicyclic) bond motifs is 3. The van der Waals surface area contributed by atoms with E-state index in [2.05, 4.69) is 11.8 Å². The summed E-state index contributed by atoms with van der Waals surface area (Å²) >= 11 is 0. The number of primary amides is 1. The van der Waals surface area contributed by atoms with Crippen LogP contribution in [0.15, 0.2) is 12.1 Å². The summed E-state index contributed by atoms with van der Waals surface area (Å²) < 4.78 is 0. The molecule has 6 atom stereocenters. The maximum Gasteiger partial charge on any atom is 0.235 e. The summed E-state index contributed by atoms with van der Waals surface area (Å²) in [5, 5.41) is 33.1. The fourth-order valence-corrected chi connectivity index (χ4v) is 7.17. The molecule has 0 heterocycles. The number of Topliss-reactive ketones (excluding diaryl/α,β-unsaturated/α-hetero) is 4. The van der Waals surface area contributed by atoms with E-state index in [9.17, 15) is 39.3 Å². The number of aromatic hydroxyl groups is 1. The fraction of sp³-hybridized carbons (Fsp3) is 0.552. The van der Waals surface area contributed by atoms with Crippen LogP contribution < -0.4 is 5.73 Å². The maximum absolute atomic E-state index is 13.8. The van der Waals surface area contributed by atoms with E-state index in [1.165, 1.54) is 25.1 Å². The number of phenols is 1. The Morgan fingerprint density at radius 1 is 1.05 bits per heavy atom. The minimum atomic E-state index is -2.76. The van der Waals surface area contributed by atoms with E-state index in [0.717, 1.165) is 19.3 Å². The minimum Gasteiger partial charge on any atom is -0.507 e. The molecule has 5 rings (SSSR count). The van der Waals surface area contributed by atoms with Gasteiger partial charge in [0.2, 0.25) is 5.91 Å². The van der Waals surface area contributed by atoms with Gasteiger partial charge in [-0.2, -0.15) is 0 Å². The van der Waals surface area contributed by atoms with Crippen LogP contribution in [0.3, 0.4) is 0 Å². The molecule has 0 spiro atoms. The molecule has 5 N–H and O–H groups in total. The summed E-state index contributed by atoms with van der Waals surface area (Å²) in [4.78, 5) is 67.6. The Bertz CT molecular complexity index is 1360. The van der Waals surface area contributed by atoms with Crippen molar-refractivity contribution < 1.29 is 39.3 Å². The summed E-state index contributed by atoms with van der Waals surface area (Å²) in [5.41, 5.74) is 2.20. The first-order valence-electron chi connectivity index (χ1n) is 13.3. The first kappa shape index (κ1) is 27.2. The van der Waals surface area contributed by atoms with Gasteiger partial charge in [-0.05, 0) is 76.2 Å². The van der Waals surface area contributed by atoms with Crippen molar-refractivity contribution in [1.29, 1.82) is 0 Å². The predicted octanol–water partition coefficient (Wildman–Crippen LogP) is -0.0863. The number of aliphatic hydroxyl groups is 2. The molecule has 4 unspecified atom stereocenters. The summed E-state index contributed by atoms with van der Waals surface area (Å²) in [6, 6.07) is 1.71. The Morgan fingerprint density at radius 3 is 2.33 bits per heavy atom. The maximum atomic E-state index is 13.8. The normalized spacial score (nSPS) is 33.5. The van der Waals surface area contributed by atoms with Crippen LogP contribution in [0.2, 0.25) is 0 Å². The third-order valence-corrected chi connectivity index (χ3v) is 9.06. The number of nitrogens with zero attached hydrogens (tertiary/aromatic N) is 1. The zero-order valence-electron chi connectivity index (χ0n) is 21.9. The topological polar surface area (TPSA) is 175 Å². The molecule has 0 aromatic heterocycles. The van der Waals surface area contributed by atoms with Crippen molar-refractivity contribution in [2.24, 2.45) is 29.4 Å². The lowest BCUT2D eigenvalue weighted by Crippen LogP contribution is -2.74. The fourth-order valence-electron chi connectivity index (χ4n) is 7.17. The Balaban J connectivity index is 1.59. The molecule has 3 saturated carbocycles. The van der Waals surface area contributed by atoms with E-state index in [-0.39, 0.29) is 24.2 Å². The van der Waals surface area contributed by atoms with Crippen LogP contribution in [-0.2, 0) is 25.6 Å². The van der Waals surface area contributed by atoms with E-state index in [4.69, 9.17) is 5.73 Å². The van der Waals surface area contributed by atoms with Crippen molar-refractivity contribution in [1.82, 2.24) is 4.90 Å². The summed E-state index contributed by atoms with van der Waals surface area (Å²) in [7, 11) is 3.08. The summed E-state index contributed by atoms with van der Waals surface area (Å²) in [6.45, 7) is 0. The van der Waals surface area contributed by atoms with Crippen molar-refractivity contribution >= 4 is 29.0 Å². The van der Waals surface area contributed by atoms with Gasteiger partial charge in [0.15, 0.2) is 34.7 Å². The van der Waals surface area contributed by atoms with Crippen LogP contribution in [0.5, 0.6) is 5.75 Å². The molecule has 39 heavy (non-hydrogen) atoms. The summed E-state index contributed by atoms with van der Waals surface area (Å²) in [5.74, 6) is -4.94. The SMILES string of the molecule is CN(C)[C@@H]1C(=O)C(C(N)=O)C(=O)[C@@]2(O)C(=O)C3C(=O)c4c(O)ccc(C#CC5(O)CCCCC5)c4CC3CC12. The van der Waals surface area contributed by atoms with Gasteiger partial charge < -0.3 is 21.1 Å². The predicted molar refractivity (Wildman–Crippen MR) is 136 cm³/mol. The molecule has 0 bridgehead atoms. The van der Waals surface area contributed by atoms with Gasteiger partial charge in [-0.1, -0.05) is 18.3 Å². The standard InChI is InChI=1S/C29H32N2O8/c1-31(2)22-17-13-15-12-16-14(8-11-28(38)9-4-3-5-10-28)6-7-18(32)20(16)23(33)19(15)25(35)29(17,39)26(36)21(24(22)34)27(30)37/h6-7,15,17,19,21-22,32,38-39H,3-5,9-10,12-13H2,1-2H3,(H2,30,37)/t15?,17?,19?,21?,22-,29-/m0/s1. The van der Waals surface area contributed by atoms with Crippen LogP contribution in [0.1, 0.15) is 60.0 Å². The Morgan fingerprint density at radius 2 is 1.72 bits per heavy atom. The molecular formula is C29H32N2O8. The summed E-state index contributed by atoms with van der Waals surface area (Å²) in [6.07, 6.45) is 3.91. The van der Waals surface area contributed by atoms with Gasteiger partial charge in [0.1, 0.15) is 11.4 Å². The lowest BCUT2D eigenvalue weighted by molar-refractivity contribution is -0.181. The van der Waals surface area contributed by atoms with E-state index in [1.54, 1.807) is 6.07 Å². The molecule has 4 aliphatic rings. The zero-order valence-corrected chi connectivity index (χ0v) is 21.9. The van der Waals surface area contributed by atoms with Gasteiger partial charge in [0.25, 0.3) is 0 Å². The minimum absolute atomic E-state index is 0.0314. The van der Waals surface area contributed by atoms with Crippen molar-refractivity contribution in [2.75, 3.05) is 14.1 Å². The molecule has 206 valence electrons. The van der Waals surface area contributed by atoms with Crippen molar-refractivity contribution in [3.8, 4) is 17.6 Å². The quantitative estimate of drug-likeness (QED) is 0.297. The number of carbonyl (C=O) groups is 5. The second kappa shape index (κ2) is 9.37. The van der Waals surface area contributed by atoms with Crippen LogP contribution in [0, 0.1) is 35.5 Å². The number of carbonyl (C=O) groups excluding carboxylic acids is 5. The van der Waals surface area contributed by atoms with Crippen molar-refractivity contribution in [2.45, 2.75) is 62.2 Å². The highest BCUT2D eigenvalue weighted by Gasteiger charge is 2.69. The molecule has 4 aliphatic carbocycles. The molecule has 3 fully saturated rings. The molecule has 10 nitrogen and oxygen atoms in total. The number of rotatable bonds is 2. The third-order valence-electron chi connectivity index (χ3n) is 9.06. The number of nitrogens with two attached hydrogens (primary N) is 1. The van der Waals surface area contributed by atoms with Gasteiger partial charge >= 0.3 is 0 Å². The second-order valence-electron chi connectivity index (χ2n) is 11.6. The van der Waals surface area contributed by atoms with Crippen molar-refractivity contribution in [3.63, 3.8) is 0 Å². The lowest BCUT2D eigenvalue weighted by Gasteiger charge is -2.52. The highest BCUT2D eigenvalue weighted by Crippen LogP contribution is 2.51. The van der Waals surface area contributed by atoms with Crippen LogP contribution >= 0.6 is 0 Å². The first-order valence-corrected chi connectivity index (χ1v) is 13.3. The monoisotopic (exact) mass is 536 g/mol. The number of amides is 1. The molecule has 1 amide bonds. The average Bonchev–Trinajstić information content (AvgIpc) is 2.86. The van der Waals surface area contributed by atoms with E-state index >= 15 is 0 Å². The second-order valence-corrected chi connectivity index (χ2v) is 11.6. The van der Waals surface area contributed by atoms with E-state index in [0.29, 0.717) is 24.0 Å². The molecule has 0 aliphatic heterocycles. The van der Waals surface area contributed by atoms with Gasteiger partial charge in [-0.3, -0.25) is 28.9 Å². The number of likely N-dealkylation sites (N-methyl/N-ethyl adjacent to an activating group) is 1. The highest BCUT2D eigenvalue weighted by atomic mass is 16.3. The Kier molecular flexibility index (Phi) is 6.53. The zero-order chi connectivity index (χ0) is 28.4. The van der Waals surface area contributed by atoms with Crippen LogP contribution in [0.4, 0.5) is 0 Å². The first-order chi connectivity index (χ1) is 18.3. The van der Waals surface area contributed by atoms with Gasteiger partial charge in [-0.25, -0.2) is 0 Å². The number of benzene rings is 1. The molecule has 1 aromatic carbocycles. The van der Waals surface area contributed by atoms with Crippen LogP contribution in [-0.4, -0.2) is 80.6 Å². The Labute approximate surface area is 225 Å². The molecule has 1 aromatic rings. The molecular weight excluding hydrogens is 504 g/mol. The third kappa shape index (κ3) is 4.03. The number of ketones is 4. The molecule has 0 saturated heterocycles. The largest absolute Gasteiger partial charge is 0.507 e. The number of phenolic OH excluding ortho intramolecular Hbond substituents is 1. The van der Waals surface area contributed by atoms with Crippen LogP contribution in [0.25, 0.3) is 0 Å². The Hall–Kier alpha value is -3.39. The van der Waals surface area contributed by atoms with E-state index in [1.807, 2.05) is 0 Å². The lowest BCUT2D eigenvalue weighted by atomic mass is 9.52. The average molecular weight is 537 g/mol. The van der Waals surface area contributed by atoms with E-state index < -0.39 is 70.0 Å². The smallest absolute Gasteiger partial charge is 0.235 e. The molecule has 10 heteroatoms. The van der Waals surface area contributed by atoms with Gasteiger partial charge in [0, 0.05) is 11.5 Å².